The molecule has 0 aliphatic carbocycles. The second-order valence-electron chi connectivity index (χ2n) is 7.58. The number of hydrogen-bond donors (Lipinski definition) is 2. The zero-order valence-corrected chi connectivity index (χ0v) is 18.4. The van der Waals surface area contributed by atoms with Gasteiger partial charge in [-0.15, -0.1) is 0 Å². The molecule has 0 fully saturated rings. The fourth-order valence-corrected chi connectivity index (χ4v) is 3.69. The molecule has 0 aliphatic heterocycles. The highest BCUT2D eigenvalue weighted by Gasteiger charge is 2.12. The minimum absolute atomic E-state index is 0.0659. The largest absolute Gasteiger partial charge is 0.503 e. The third-order valence-corrected chi connectivity index (χ3v) is 5.27. The molecule has 0 saturated heterocycles. The Hall–Kier alpha value is -3.28. The second kappa shape index (κ2) is 8.84. The van der Waals surface area contributed by atoms with Crippen LogP contribution >= 0.6 is 11.6 Å². The van der Waals surface area contributed by atoms with Gasteiger partial charge < -0.3 is 20.1 Å². The molecular formula is C25H23ClN3O2. The molecule has 0 amide bonds. The Morgan fingerprint density at radius 3 is 2.55 bits per heavy atom. The van der Waals surface area contributed by atoms with Crippen molar-refractivity contribution in [1.82, 2.24) is 9.88 Å². The van der Waals surface area contributed by atoms with Crippen LogP contribution in [0.25, 0.3) is 22.0 Å². The standard InChI is InChI=1S/C25H23ClN3O2/c1-29(2)15-16-4-7-19(8-5-16)28-23-10-11-27-22-9-6-17(12-20(22)23)18-13-21(26)25(30)24(14-18)31-3/h4-9,11-14,30H,15H2,1-3H3,(H,27,28). The number of methoxy groups -OCH3 is 1. The van der Waals surface area contributed by atoms with Crippen LogP contribution in [0.5, 0.6) is 11.5 Å². The average molecular weight is 433 g/mol. The summed E-state index contributed by atoms with van der Waals surface area (Å²) in [5.41, 5.74) is 5.68. The van der Waals surface area contributed by atoms with Gasteiger partial charge in [-0.2, -0.15) is 0 Å². The molecule has 1 aromatic heterocycles. The number of anilines is 2. The van der Waals surface area contributed by atoms with Crippen LogP contribution in [0.15, 0.2) is 60.8 Å². The van der Waals surface area contributed by atoms with Crippen LogP contribution in [0, 0.1) is 6.07 Å². The Morgan fingerprint density at radius 1 is 1.06 bits per heavy atom. The highest BCUT2D eigenvalue weighted by molar-refractivity contribution is 6.32. The maximum Gasteiger partial charge on any atom is 0.176 e. The lowest BCUT2D eigenvalue weighted by Gasteiger charge is -2.13. The van der Waals surface area contributed by atoms with Crippen molar-refractivity contribution in [3.8, 4) is 22.6 Å². The third kappa shape index (κ3) is 4.58. The van der Waals surface area contributed by atoms with E-state index >= 15 is 0 Å². The van der Waals surface area contributed by atoms with Gasteiger partial charge in [-0.1, -0.05) is 29.8 Å². The van der Waals surface area contributed by atoms with E-state index < -0.39 is 0 Å². The summed E-state index contributed by atoms with van der Waals surface area (Å²) in [6.45, 7) is 0.895. The van der Waals surface area contributed by atoms with Gasteiger partial charge in [-0.05, 0) is 67.2 Å². The van der Waals surface area contributed by atoms with Gasteiger partial charge in [0, 0.05) is 29.9 Å². The number of aromatic hydroxyl groups is 1. The van der Waals surface area contributed by atoms with Crippen molar-refractivity contribution in [1.29, 1.82) is 0 Å². The van der Waals surface area contributed by atoms with Crippen LogP contribution in [-0.2, 0) is 6.54 Å². The van der Waals surface area contributed by atoms with Gasteiger partial charge in [-0.25, -0.2) is 0 Å². The number of nitrogens with zero attached hydrogens (tertiary/aromatic N) is 2. The summed E-state index contributed by atoms with van der Waals surface area (Å²) in [6, 6.07) is 21.0. The molecule has 1 radical (unpaired) electrons. The van der Waals surface area contributed by atoms with Crippen LogP contribution in [0.4, 0.5) is 11.4 Å². The topological polar surface area (TPSA) is 57.6 Å². The van der Waals surface area contributed by atoms with Crippen LogP contribution in [0.1, 0.15) is 5.56 Å². The van der Waals surface area contributed by atoms with Gasteiger partial charge in [0.15, 0.2) is 11.5 Å². The van der Waals surface area contributed by atoms with E-state index in [0.717, 1.165) is 39.9 Å². The van der Waals surface area contributed by atoms with E-state index in [-0.39, 0.29) is 10.8 Å². The number of aromatic nitrogens is 1. The summed E-state index contributed by atoms with van der Waals surface area (Å²) < 4.78 is 5.24. The molecule has 5 nitrogen and oxygen atoms in total. The number of nitrogens with one attached hydrogen (secondary N) is 1. The van der Waals surface area contributed by atoms with Gasteiger partial charge in [0.2, 0.25) is 0 Å². The molecule has 1 heterocycles. The van der Waals surface area contributed by atoms with Crippen molar-refractivity contribution in [3.05, 3.63) is 77.4 Å². The van der Waals surface area contributed by atoms with Crippen molar-refractivity contribution in [2.24, 2.45) is 0 Å². The van der Waals surface area contributed by atoms with Crippen molar-refractivity contribution in [3.63, 3.8) is 0 Å². The molecule has 4 aromatic rings. The van der Waals surface area contributed by atoms with E-state index in [4.69, 9.17) is 16.3 Å². The fourth-order valence-electron chi connectivity index (χ4n) is 3.48. The number of ether oxygens (including phenoxy) is 1. The molecule has 0 bridgehead atoms. The highest BCUT2D eigenvalue weighted by atomic mass is 35.5. The molecule has 0 atom stereocenters. The lowest BCUT2D eigenvalue weighted by Crippen LogP contribution is -2.10. The third-order valence-electron chi connectivity index (χ3n) is 4.98. The predicted molar refractivity (Wildman–Crippen MR) is 126 cm³/mol. The Bertz CT molecular complexity index is 1220. The molecule has 0 aliphatic rings. The first-order valence-corrected chi connectivity index (χ1v) is 10.2. The number of halogens is 1. The summed E-state index contributed by atoms with van der Waals surface area (Å²) in [5, 5.41) is 14.7. The van der Waals surface area contributed by atoms with Gasteiger partial charge >= 0.3 is 0 Å². The highest BCUT2D eigenvalue weighted by Crippen LogP contribution is 2.39. The van der Waals surface area contributed by atoms with E-state index in [2.05, 4.69) is 59.6 Å². The Kier molecular flexibility index (Phi) is 5.98. The van der Waals surface area contributed by atoms with Crippen LogP contribution in [0.3, 0.4) is 0 Å². The normalized spacial score (nSPS) is 11.1. The first-order chi connectivity index (χ1) is 14.9. The molecule has 157 valence electrons. The summed E-state index contributed by atoms with van der Waals surface area (Å²) >= 11 is 6.18. The number of benzene rings is 3. The number of rotatable bonds is 6. The molecule has 4 rings (SSSR count). The van der Waals surface area contributed by atoms with Crippen LogP contribution < -0.4 is 10.1 Å². The lowest BCUT2D eigenvalue weighted by atomic mass is 10.0. The van der Waals surface area contributed by atoms with Crippen molar-refractivity contribution >= 4 is 33.9 Å². The van der Waals surface area contributed by atoms with Gasteiger partial charge in [0.1, 0.15) is 0 Å². The minimum Gasteiger partial charge on any atom is -0.503 e. The zero-order chi connectivity index (χ0) is 22.0. The molecule has 2 N–H and O–H groups in total. The zero-order valence-electron chi connectivity index (χ0n) is 17.6. The smallest absolute Gasteiger partial charge is 0.176 e. The van der Waals surface area contributed by atoms with Crippen LogP contribution in [0.2, 0.25) is 5.02 Å². The molecule has 3 aromatic carbocycles. The van der Waals surface area contributed by atoms with Crippen molar-refractivity contribution < 1.29 is 9.84 Å². The molecule has 6 heteroatoms. The maximum atomic E-state index is 10.0. The molecular weight excluding hydrogens is 410 g/mol. The first kappa shape index (κ1) is 21.0. The molecule has 0 unspecified atom stereocenters. The monoisotopic (exact) mass is 432 g/mol. The summed E-state index contributed by atoms with van der Waals surface area (Å²) in [7, 11) is 5.61. The van der Waals surface area contributed by atoms with Crippen molar-refractivity contribution in [2.45, 2.75) is 6.54 Å². The Balaban J connectivity index is 1.70. The van der Waals surface area contributed by atoms with Crippen molar-refractivity contribution in [2.75, 3.05) is 26.5 Å². The number of hydrogen-bond acceptors (Lipinski definition) is 5. The van der Waals surface area contributed by atoms with Gasteiger partial charge in [-0.3, -0.25) is 4.98 Å². The summed E-state index contributed by atoms with van der Waals surface area (Å²) in [5.74, 6) is 0.264. The minimum atomic E-state index is -0.0659. The number of phenolic OH excluding ortho intramolecular Hbond substituents is 1. The van der Waals surface area contributed by atoms with E-state index in [1.807, 2.05) is 18.2 Å². The lowest BCUT2D eigenvalue weighted by molar-refractivity contribution is 0.374. The summed E-state index contributed by atoms with van der Waals surface area (Å²) in [4.78, 5) is 6.58. The number of phenols is 1. The number of pyridine rings is 1. The molecule has 31 heavy (non-hydrogen) atoms. The maximum absolute atomic E-state index is 10.0. The fraction of sp³-hybridized carbons (Fsp3) is 0.160. The van der Waals surface area contributed by atoms with E-state index in [0.29, 0.717) is 5.75 Å². The van der Waals surface area contributed by atoms with E-state index in [9.17, 15) is 5.11 Å². The SMILES string of the molecule is COc1cc(-c2ccc3nc[c]c(Nc4ccc(CN(C)C)cc4)c3c2)cc(Cl)c1O. The second-order valence-corrected chi connectivity index (χ2v) is 7.99. The Morgan fingerprint density at radius 2 is 1.84 bits per heavy atom. The first-order valence-electron chi connectivity index (χ1n) is 9.82. The van der Waals surface area contributed by atoms with Crippen LogP contribution in [-0.4, -0.2) is 36.2 Å². The van der Waals surface area contributed by atoms with E-state index in [1.54, 1.807) is 18.3 Å². The van der Waals surface area contributed by atoms with E-state index in [1.165, 1.54) is 12.7 Å². The quantitative estimate of drug-likeness (QED) is 0.398. The predicted octanol–water partition coefficient (Wildman–Crippen LogP) is 5.87. The van der Waals surface area contributed by atoms with Gasteiger partial charge in [0.25, 0.3) is 0 Å². The summed E-state index contributed by atoms with van der Waals surface area (Å²) in [6.07, 6.45) is 1.67. The molecule has 0 saturated carbocycles. The number of fused-ring (bicyclic) bond motifs is 1. The molecule has 0 spiro atoms. The average Bonchev–Trinajstić information content (AvgIpc) is 2.76. The Labute approximate surface area is 186 Å². The van der Waals surface area contributed by atoms with Gasteiger partial charge in [0.05, 0.1) is 23.3 Å².